The Kier molecular flexibility index (Phi) is 4.24. The molecule has 0 bridgehead atoms. The summed E-state index contributed by atoms with van der Waals surface area (Å²) in [5.41, 5.74) is 4.71. The molecule has 0 fully saturated rings. The highest BCUT2D eigenvalue weighted by molar-refractivity contribution is 9.10. The van der Waals surface area contributed by atoms with Crippen LogP contribution in [0.2, 0.25) is 0 Å². The van der Waals surface area contributed by atoms with Gasteiger partial charge in [-0.3, -0.25) is 10.1 Å². The quantitative estimate of drug-likeness (QED) is 0.876. The van der Waals surface area contributed by atoms with Crippen molar-refractivity contribution in [1.82, 2.24) is 5.32 Å². The average molecular weight is 291 g/mol. The van der Waals surface area contributed by atoms with Crippen molar-refractivity contribution in [3.8, 4) is 5.75 Å². The number of carbonyl (C=O) groups is 2. The molecule has 86 valence electrons. The van der Waals surface area contributed by atoms with Gasteiger partial charge in [0.05, 0.1) is 4.47 Å². The summed E-state index contributed by atoms with van der Waals surface area (Å²) >= 11 is 2.97. The van der Waals surface area contributed by atoms with E-state index in [1.807, 2.05) is 5.32 Å². The molecule has 0 aliphatic rings. The first-order chi connectivity index (χ1) is 7.49. The van der Waals surface area contributed by atoms with Gasteiger partial charge >= 0.3 is 6.03 Å². The second-order valence-corrected chi connectivity index (χ2v) is 3.63. The maximum atomic E-state index is 13.0. The van der Waals surface area contributed by atoms with E-state index in [0.717, 1.165) is 6.07 Å². The molecule has 16 heavy (non-hydrogen) atoms. The van der Waals surface area contributed by atoms with Gasteiger partial charge in [-0.05, 0) is 28.1 Å². The van der Waals surface area contributed by atoms with Crippen LogP contribution in [0, 0.1) is 5.82 Å². The van der Waals surface area contributed by atoms with E-state index in [2.05, 4.69) is 15.9 Å². The average Bonchev–Trinajstić information content (AvgIpc) is 2.19. The first kappa shape index (κ1) is 12.4. The molecule has 0 atom stereocenters. The van der Waals surface area contributed by atoms with E-state index in [1.54, 1.807) is 0 Å². The fourth-order valence-corrected chi connectivity index (χ4v) is 1.14. The largest absolute Gasteiger partial charge is 0.484 e. The molecule has 1 aromatic rings. The van der Waals surface area contributed by atoms with Crippen LogP contribution in [0.25, 0.3) is 0 Å². The number of ether oxygens (including phenoxy) is 1. The summed E-state index contributed by atoms with van der Waals surface area (Å²) in [6.07, 6.45) is 0. The van der Waals surface area contributed by atoms with E-state index in [0.29, 0.717) is 4.47 Å². The number of imide groups is 1. The van der Waals surface area contributed by atoms with E-state index in [9.17, 15) is 14.0 Å². The Morgan fingerprint density at radius 1 is 1.50 bits per heavy atom. The molecule has 0 aliphatic carbocycles. The standard InChI is InChI=1S/C9H8BrFN2O3/c10-6-2-1-5(3-7(6)11)16-4-8(14)13-9(12)15/h1-3H,4H2,(H3,12,13,14,15). The van der Waals surface area contributed by atoms with Gasteiger partial charge in [-0.2, -0.15) is 0 Å². The summed E-state index contributed by atoms with van der Waals surface area (Å²) in [6, 6.07) is 3.07. The topological polar surface area (TPSA) is 81.4 Å². The van der Waals surface area contributed by atoms with Crippen molar-refractivity contribution in [2.75, 3.05) is 6.61 Å². The molecule has 7 heteroatoms. The first-order valence-electron chi connectivity index (χ1n) is 4.16. The lowest BCUT2D eigenvalue weighted by Gasteiger charge is -2.05. The van der Waals surface area contributed by atoms with Gasteiger partial charge in [0.1, 0.15) is 11.6 Å². The number of rotatable bonds is 3. The van der Waals surface area contributed by atoms with Gasteiger partial charge in [-0.1, -0.05) is 0 Å². The van der Waals surface area contributed by atoms with Gasteiger partial charge in [0, 0.05) is 6.07 Å². The van der Waals surface area contributed by atoms with Crippen LogP contribution in [0.15, 0.2) is 22.7 Å². The molecule has 5 nitrogen and oxygen atoms in total. The van der Waals surface area contributed by atoms with Crippen LogP contribution in [0.5, 0.6) is 5.75 Å². The zero-order valence-corrected chi connectivity index (χ0v) is 9.58. The number of halogens is 2. The van der Waals surface area contributed by atoms with Crippen molar-refractivity contribution in [3.05, 3.63) is 28.5 Å². The Balaban J connectivity index is 2.51. The van der Waals surface area contributed by atoms with E-state index in [-0.39, 0.29) is 5.75 Å². The number of nitrogens with one attached hydrogen (secondary N) is 1. The minimum absolute atomic E-state index is 0.181. The summed E-state index contributed by atoms with van der Waals surface area (Å²) in [7, 11) is 0. The van der Waals surface area contributed by atoms with Crippen molar-refractivity contribution >= 4 is 27.9 Å². The summed E-state index contributed by atoms with van der Waals surface area (Å²) in [5, 5.41) is 1.81. The smallest absolute Gasteiger partial charge is 0.318 e. The minimum Gasteiger partial charge on any atom is -0.484 e. The molecular weight excluding hydrogens is 283 g/mol. The van der Waals surface area contributed by atoms with Crippen LogP contribution in [0.1, 0.15) is 0 Å². The third kappa shape index (κ3) is 3.85. The highest BCUT2D eigenvalue weighted by Gasteiger charge is 2.06. The van der Waals surface area contributed by atoms with Crippen LogP contribution >= 0.6 is 15.9 Å². The molecule has 0 radical (unpaired) electrons. The summed E-state index contributed by atoms with van der Waals surface area (Å²) in [6.45, 7) is -0.413. The van der Waals surface area contributed by atoms with Crippen LogP contribution in [-0.2, 0) is 4.79 Å². The Morgan fingerprint density at radius 3 is 2.75 bits per heavy atom. The highest BCUT2D eigenvalue weighted by atomic mass is 79.9. The Hall–Kier alpha value is -1.63. The molecule has 3 amide bonds. The van der Waals surface area contributed by atoms with E-state index in [1.165, 1.54) is 12.1 Å². The molecule has 1 rings (SSSR count). The predicted molar refractivity (Wildman–Crippen MR) is 57.3 cm³/mol. The van der Waals surface area contributed by atoms with Crippen LogP contribution in [-0.4, -0.2) is 18.5 Å². The Labute approximate surface area is 98.9 Å². The van der Waals surface area contributed by atoms with Gasteiger partial charge in [-0.25, -0.2) is 9.18 Å². The molecule has 0 saturated carbocycles. The van der Waals surface area contributed by atoms with Crippen molar-refractivity contribution in [3.63, 3.8) is 0 Å². The number of nitrogens with two attached hydrogens (primary N) is 1. The van der Waals surface area contributed by atoms with E-state index >= 15 is 0 Å². The Morgan fingerprint density at radius 2 is 2.19 bits per heavy atom. The fourth-order valence-electron chi connectivity index (χ4n) is 0.889. The lowest BCUT2D eigenvalue weighted by Crippen LogP contribution is -2.38. The van der Waals surface area contributed by atoms with E-state index in [4.69, 9.17) is 10.5 Å². The number of primary amides is 1. The second-order valence-electron chi connectivity index (χ2n) is 2.78. The maximum Gasteiger partial charge on any atom is 0.318 e. The van der Waals surface area contributed by atoms with Crippen molar-refractivity contribution in [2.24, 2.45) is 5.73 Å². The van der Waals surface area contributed by atoms with Gasteiger partial charge in [-0.15, -0.1) is 0 Å². The zero-order chi connectivity index (χ0) is 12.1. The molecule has 0 spiro atoms. The maximum absolute atomic E-state index is 13.0. The molecule has 0 aliphatic heterocycles. The highest BCUT2D eigenvalue weighted by Crippen LogP contribution is 2.20. The molecule has 0 aromatic heterocycles. The number of hydrogen-bond donors (Lipinski definition) is 2. The summed E-state index contributed by atoms with van der Waals surface area (Å²) in [5.74, 6) is -1.02. The number of hydrogen-bond acceptors (Lipinski definition) is 3. The number of urea groups is 1. The monoisotopic (exact) mass is 290 g/mol. The third-order valence-corrected chi connectivity index (χ3v) is 2.17. The predicted octanol–water partition coefficient (Wildman–Crippen LogP) is 1.16. The van der Waals surface area contributed by atoms with Gasteiger partial charge in [0.25, 0.3) is 5.91 Å². The van der Waals surface area contributed by atoms with Gasteiger partial charge < -0.3 is 10.5 Å². The molecular formula is C9H8BrFN2O3. The lowest BCUT2D eigenvalue weighted by atomic mass is 10.3. The number of amides is 3. The first-order valence-corrected chi connectivity index (χ1v) is 4.95. The van der Waals surface area contributed by atoms with Gasteiger partial charge in [0.15, 0.2) is 6.61 Å². The molecule has 0 unspecified atom stereocenters. The fraction of sp³-hybridized carbons (Fsp3) is 0.111. The summed E-state index contributed by atoms with van der Waals surface area (Å²) < 4.78 is 18.2. The molecule has 0 saturated heterocycles. The van der Waals surface area contributed by atoms with Crippen LogP contribution in [0.4, 0.5) is 9.18 Å². The number of benzene rings is 1. The van der Waals surface area contributed by atoms with Crippen LogP contribution < -0.4 is 15.8 Å². The molecule has 0 heterocycles. The van der Waals surface area contributed by atoms with Crippen molar-refractivity contribution in [1.29, 1.82) is 0 Å². The second kappa shape index (κ2) is 5.45. The number of carbonyl (C=O) groups excluding carboxylic acids is 2. The van der Waals surface area contributed by atoms with Crippen LogP contribution in [0.3, 0.4) is 0 Å². The zero-order valence-electron chi connectivity index (χ0n) is 8.00. The van der Waals surface area contributed by atoms with Gasteiger partial charge in [0.2, 0.25) is 0 Å². The Bertz CT molecular complexity index is 425. The normalized spacial score (nSPS) is 9.62. The third-order valence-electron chi connectivity index (χ3n) is 1.52. The lowest BCUT2D eigenvalue weighted by molar-refractivity contribution is -0.121. The SMILES string of the molecule is NC(=O)NC(=O)COc1ccc(Br)c(F)c1. The van der Waals surface area contributed by atoms with Crippen molar-refractivity contribution in [2.45, 2.75) is 0 Å². The minimum atomic E-state index is -0.962. The van der Waals surface area contributed by atoms with E-state index < -0.39 is 24.4 Å². The summed E-state index contributed by atoms with van der Waals surface area (Å²) in [4.78, 5) is 21.2. The van der Waals surface area contributed by atoms with Crippen molar-refractivity contribution < 1.29 is 18.7 Å². The molecule has 3 N–H and O–H groups in total. The molecule has 1 aromatic carbocycles.